The van der Waals surface area contributed by atoms with Crippen molar-refractivity contribution in [2.24, 2.45) is 7.05 Å². The molecule has 0 aliphatic carbocycles. The molecule has 0 spiro atoms. The number of aliphatic hydroxyl groups is 2. The Morgan fingerprint density at radius 3 is 1.95 bits per heavy atom. The molecule has 0 amide bonds. The van der Waals surface area contributed by atoms with E-state index in [0.29, 0.717) is 11.1 Å². The van der Waals surface area contributed by atoms with Gasteiger partial charge in [0.2, 0.25) is 5.52 Å². The summed E-state index contributed by atoms with van der Waals surface area (Å²) in [6.07, 6.45) is 2.56. The molecular formula is C34H36NO6+. The summed E-state index contributed by atoms with van der Waals surface area (Å²) in [6.45, 7) is 5.82. The molecule has 212 valence electrons. The zero-order valence-corrected chi connectivity index (χ0v) is 23.9. The number of phenolic OH excluding ortho intramolecular Hbond substituents is 1. The van der Waals surface area contributed by atoms with Crippen LogP contribution in [0.15, 0.2) is 84.9 Å². The molecule has 0 fully saturated rings. The van der Waals surface area contributed by atoms with Gasteiger partial charge in [-0.05, 0) is 78.1 Å². The fourth-order valence-electron chi connectivity index (χ4n) is 4.57. The Balaban J connectivity index is 0.00000110. The predicted octanol–water partition coefficient (Wildman–Crippen LogP) is 6.26. The van der Waals surface area contributed by atoms with Gasteiger partial charge in [-0.3, -0.25) is 9.59 Å². The number of aromatic hydroxyl groups is 1. The Kier molecular flexibility index (Phi) is 12.2. The third-order valence-electron chi connectivity index (χ3n) is 6.44. The number of para-hydroxylation sites is 1. The van der Waals surface area contributed by atoms with Crippen molar-refractivity contribution in [1.29, 1.82) is 0 Å². The van der Waals surface area contributed by atoms with Crippen LogP contribution in [0.2, 0.25) is 0 Å². The van der Waals surface area contributed by atoms with Crippen molar-refractivity contribution in [2.45, 2.75) is 20.8 Å². The van der Waals surface area contributed by atoms with Crippen molar-refractivity contribution in [3.05, 3.63) is 118 Å². The average Bonchev–Trinajstić information content (AvgIpc) is 2.97. The lowest BCUT2D eigenvalue weighted by Crippen LogP contribution is -2.31. The lowest BCUT2D eigenvalue weighted by Gasteiger charge is -2.12. The molecule has 0 aliphatic rings. The number of aliphatic hydroxyl groups excluding tert-OH is 2. The van der Waals surface area contributed by atoms with Crippen LogP contribution in [0.3, 0.4) is 0 Å². The van der Waals surface area contributed by atoms with Crippen LogP contribution in [0, 0.1) is 20.8 Å². The summed E-state index contributed by atoms with van der Waals surface area (Å²) in [6, 6.07) is 26.6. The standard InChI is InChI=1S/C32H29NO3.CH2O2.CH4O/c1-21-16-25(20-34)17-22(2)32(21)29-10-7-8-26(31(36)19-24-12-14-27(35)15-13-24)18-23(3)33(4)30-11-6-5-9-28(29)30;2-1-3;1-2/h5-20H,1-4H3,(H,34,36);1H,(H,2,3);2H,1H3/p+1. The highest BCUT2D eigenvalue weighted by atomic mass is 16.3. The third kappa shape index (κ3) is 8.24. The second-order valence-corrected chi connectivity index (χ2v) is 9.13. The lowest BCUT2D eigenvalue weighted by molar-refractivity contribution is -0.650. The molecule has 0 atom stereocenters. The van der Waals surface area contributed by atoms with Crippen molar-refractivity contribution in [3.8, 4) is 16.9 Å². The number of carboxylic acid groups (broad SMARTS) is 1. The number of nitrogens with zero attached hydrogens (tertiary/aromatic N) is 1. The van der Waals surface area contributed by atoms with E-state index in [1.54, 1.807) is 30.3 Å². The number of benzene rings is 3. The van der Waals surface area contributed by atoms with E-state index in [1.807, 2.05) is 70.3 Å². The van der Waals surface area contributed by atoms with Crippen molar-refractivity contribution < 1.29 is 34.6 Å². The maximum atomic E-state index is 11.4. The van der Waals surface area contributed by atoms with Crippen LogP contribution < -0.4 is 4.57 Å². The highest BCUT2D eigenvalue weighted by molar-refractivity contribution is 5.95. The first-order chi connectivity index (χ1) is 19.7. The topological polar surface area (TPSA) is 119 Å². The van der Waals surface area contributed by atoms with Gasteiger partial charge >= 0.3 is 0 Å². The molecule has 7 nitrogen and oxygen atoms in total. The molecule has 41 heavy (non-hydrogen) atoms. The molecular weight excluding hydrogens is 518 g/mol. The highest BCUT2D eigenvalue weighted by Gasteiger charge is 2.14. The molecule has 0 bridgehead atoms. The van der Waals surface area contributed by atoms with Crippen molar-refractivity contribution in [2.75, 3.05) is 7.11 Å². The number of hydrogen-bond donors (Lipinski definition) is 4. The summed E-state index contributed by atoms with van der Waals surface area (Å²) >= 11 is 0. The molecule has 0 aliphatic heterocycles. The van der Waals surface area contributed by atoms with Crippen LogP contribution in [0.25, 0.3) is 33.9 Å². The Bertz CT molecular complexity index is 1580. The second-order valence-electron chi connectivity index (χ2n) is 9.13. The number of carbonyl (C=O) groups excluding carboxylic acids is 1. The van der Waals surface area contributed by atoms with Crippen LogP contribution >= 0.6 is 0 Å². The number of rotatable bonds is 4. The van der Waals surface area contributed by atoms with Gasteiger partial charge in [0.1, 0.15) is 24.8 Å². The molecule has 0 saturated heterocycles. The Labute approximate surface area is 240 Å². The van der Waals surface area contributed by atoms with Crippen LogP contribution in [-0.2, 0) is 11.8 Å². The quantitative estimate of drug-likeness (QED) is 0.134. The highest BCUT2D eigenvalue weighted by Crippen LogP contribution is 2.32. The number of aryl methyl sites for hydroxylation is 4. The number of fused-ring (bicyclic) bond motifs is 1. The summed E-state index contributed by atoms with van der Waals surface area (Å²) in [5, 5.41) is 35.5. The van der Waals surface area contributed by atoms with Crippen LogP contribution in [0.1, 0.15) is 38.3 Å². The zero-order chi connectivity index (χ0) is 30.5. The molecule has 4 rings (SSSR count). The van der Waals surface area contributed by atoms with E-state index in [0.717, 1.165) is 57.8 Å². The largest absolute Gasteiger partial charge is 0.508 e. The first kappa shape index (κ1) is 32.2. The molecule has 3 aromatic carbocycles. The first-order valence-corrected chi connectivity index (χ1v) is 12.8. The monoisotopic (exact) mass is 554 g/mol. The molecule has 0 unspecified atom stereocenters. The van der Waals surface area contributed by atoms with E-state index in [-0.39, 0.29) is 18.0 Å². The van der Waals surface area contributed by atoms with Gasteiger partial charge in [-0.2, -0.15) is 4.57 Å². The third-order valence-corrected chi connectivity index (χ3v) is 6.44. The van der Waals surface area contributed by atoms with E-state index in [9.17, 15) is 15.0 Å². The van der Waals surface area contributed by atoms with Crippen molar-refractivity contribution in [1.82, 2.24) is 0 Å². The summed E-state index contributed by atoms with van der Waals surface area (Å²) in [7, 11) is 3.02. The minimum absolute atomic E-state index is 0.121. The zero-order valence-electron chi connectivity index (χ0n) is 23.9. The van der Waals surface area contributed by atoms with Gasteiger partial charge in [0.25, 0.3) is 6.47 Å². The Morgan fingerprint density at radius 2 is 1.37 bits per heavy atom. The van der Waals surface area contributed by atoms with Crippen molar-refractivity contribution in [3.63, 3.8) is 0 Å². The van der Waals surface area contributed by atoms with E-state index in [4.69, 9.17) is 15.0 Å². The Hall–Kier alpha value is -5.01. The fourth-order valence-corrected chi connectivity index (χ4v) is 4.57. The lowest BCUT2D eigenvalue weighted by atomic mass is 9.92. The molecule has 4 aromatic rings. The Morgan fingerprint density at radius 1 is 0.780 bits per heavy atom. The number of aldehydes is 1. The molecule has 4 N–H and O–H groups in total. The SMILES string of the molecule is CO.Cc1cc(C=O)cc(C)c1-c1cccc(/C(O)=C/c2ccc(O)cc2)cc(C)[n+](C)c2ccccc12.O=CO. The summed E-state index contributed by atoms with van der Waals surface area (Å²) in [4.78, 5) is 19.8. The molecule has 1 aromatic heterocycles. The van der Waals surface area contributed by atoms with Crippen LogP contribution in [0.5, 0.6) is 5.75 Å². The van der Waals surface area contributed by atoms with E-state index < -0.39 is 0 Å². The first-order valence-electron chi connectivity index (χ1n) is 12.8. The number of aromatic nitrogens is 1. The van der Waals surface area contributed by atoms with Gasteiger partial charge in [-0.15, -0.1) is 0 Å². The molecule has 1 heterocycles. The number of phenols is 1. The minimum atomic E-state index is -0.250. The maximum Gasteiger partial charge on any atom is 0.290 e. The summed E-state index contributed by atoms with van der Waals surface area (Å²) < 4.78 is 2.11. The predicted molar refractivity (Wildman–Crippen MR) is 163 cm³/mol. The van der Waals surface area contributed by atoms with E-state index in [2.05, 4.69) is 22.8 Å². The smallest absolute Gasteiger partial charge is 0.290 e. The summed E-state index contributed by atoms with van der Waals surface area (Å²) in [5.74, 6) is 0.300. The maximum absolute atomic E-state index is 11.4. The van der Waals surface area contributed by atoms with Gasteiger partial charge in [-0.1, -0.05) is 42.5 Å². The minimum Gasteiger partial charge on any atom is -0.508 e. The molecule has 0 saturated carbocycles. The van der Waals surface area contributed by atoms with Gasteiger partial charge in [-0.25, -0.2) is 0 Å². The van der Waals surface area contributed by atoms with Crippen LogP contribution in [0.4, 0.5) is 0 Å². The molecule has 7 heteroatoms. The van der Waals surface area contributed by atoms with Crippen molar-refractivity contribution >= 4 is 35.5 Å². The van der Waals surface area contributed by atoms with Gasteiger partial charge in [0, 0.05) is 37.3 Å². The van der Waals surface area contributed by atoms with Gasteiger partial charge in [0.15, 0.2) is 5.69 Å². The number of carbonyl (C=O) groups is 2. The normalized spacial score (nSPS) is 10.3. The second kappa shape index (κ2) is 15.5. The molecule has 0 radical (unpaired) electrons. The number of hydrogen-bond acceptors (Lipinski definition) is 5. The van der Waals surface area contributed by atoms with Gasteiger partial charge < -0.3 is 20.4 Å². The average molecular weight is 555 g/mol. The fraction of sp³-hybridized carbons (Fsp3) is 0.147. The van der Waals surface area contributed by atoms with E-state index in [1.165, 1.54) is 0 Å². The van der Waals surface area contributed by atoms with Gasteiger partial charge in [0.05, 0.1) is 5.39 Å². The summed E-state index contributed by atoms with van der Waals surface area (Å²) in [5.41, 5.74) is 8.27. The van der Waals surface area contributed by atoms with Crippen LogP contribution in [-0.4, -0.2) is 40.3 Å². The van der Waals surface area contributed by atoms with E-state index >= 15 is 0 Å².